The third kappa shape index (κ3) is 2.47. The summed E-state index contributed by atoms with van der Waals surface area (Å²) < 4.78 is 23.9. The third-order valence-corrected chi connectivity index (χ3v) is 2.45. The van der Waals surface area contributed by atoms with Gasteiger partial charge in [0.25, 0.3) is 0 Å². The molecule has 2 aromatic rings. The Labute approximate surface area is 99.2 Å². The van der Waals surface area contributed by atoms with Crippen LogP contribution in [-0.4, -0.2) is 14.2 Å². The van der Waals surface area contributed by atoms with E-state index in [1.807, 2.05) is 19.2 Å². The van der Waals surface area contributed by atoms with Crippen LogP contribution < -0.4 is 10.1 Å². The van der Waals surface area contributed by atoms with Crippen LogP contribution in [0.1, 0.15) is 5.76 Å². The first-order chi connectivity index (χ1) is 8.24. The van der Waals surface area contributed by atoms with E-state index in [1.54, 1.807) is 12.1 Å². The minimum Gasteiger partial charge on any atom is -0.494 e. The van der Waals surface area contributed by atoms with E-state index in [4.69, 9.17) is 9.15 Å². The summed E-state index contributed by atoms with van der Waals surface area (Å²) in [5.41, 5.74) is 0.700. The summed E-state index contributed by atoms with van der Waals surface area (Å²) in [4.78, 5) is 0. The highest BCUT2D eigenvalue weighted by Crippen LogP contribution is 2.26. The molecule has 0 atom stereocenters. The molecule has 0 saturated carbocycles. The Morgan fingerprint density at radius 1 is 1.29 bits per heavy atom. The molecular formula is C13H14FNO2. The van der Waals surface area contributed by atoms with E-state index in [0.717, 1.165) is 5.76 Å². The van der Waals surface area contributed by atoms with Gasteiger partial charge in [0, 0.05) is 5.56 Å². The number of rotatable bonds is 4. The van der Waals surface area contributed by atoms with Crippen LogP contribution in [0.25, 0.3) is 11.3 Å². The Morgan fingerprint density at radius 3 is 2.76 bits per heavy atom. The molecule has 1 aromatic carbocycles. The van der Waals surface area contributed by atoms with Gasteiger partial charge in [0.1, 0.15) is 11.5 Å². The second-order valence-electron chi connectivity index (χ2n) is 3.65. The van der Waals surface area contributed by atoms with Gasteiger partial charge in [-0.1, -0.05) is 0 Å². The van der Waals surface area contributed by atoms with E-state index in [1.165, 1.54) is 13.2 Å². The van der Waals surface area contributed by atoms with Crippen LogP contribution in [0.4, 0.5) is 4.39 Å². The smallest absolute Gasteiger partial charge is 0.165 e. The van der Waals surface area contributed by atoms with Crippen molar-refractivity contribution < 1.29 is 13.5 Å². The van der Waals surface area contributed by atoms with Crippen LogP contribution in [0.2, 0.25) is 0 Å². The van der Waals surface area contributed by atoms with Crippen molar-refractivity contribution in [3.63, 3.8) is 0 Å². The molecule has 0 radical (unpaired) electrons. The van der Waals surface area contributed by atoms with Crippen molar-refractivity contribution in [2.45, 2.75) is 6.54 Å². The lowest BCUT2D eigenvalue weighted by atomic mass is 10.1. The molecule has 4 heteroatoms. The van der Waals surface area contributed by atoms with E-state index in [0.29, 0.717) is 17.9 Å². The molecule has 0 aliphatic heterocycles. The minimum atomic E-state index is -0.392. The summed E-state index contributed by atoms with van der Waals surface area (Å²) in [6.07, 6.45) is 0. The van der Waals surface area contributed by atoms with Crippen LogP contribution in [0.5, 0.6) is 5.75 Å². The summed E-state index contributed by atoms with van der Waals surface area (Å²) in [6, 6.07) is 8.46. The van der Waals surface area contributed by atoms with Crippen molar-refractivity contribution in [1.29, 1.82) is 0 Å². The molecule has 1 aromatic heterocycles. The summed E-state index contributed by atoms with van der Waals surface area (Å²) in [5.74, 6) is 1.31. The van der Waals surface area contributed by atoms with E-state index < -0.39 is 5.82 Å². The third-order valence-electron chi connectivity index (χ3n) is 2.45. The lowest BCUT2D eigenvalue weighted by Gasteiger charge is -2.03. The number of nitrogens with one attached hydrogen (secondary N) is 1. The number of benzene rings is 1. The summed E-state index contributed by atoms with van der Waals surface area (Å²) in [5, 5.41) is 2.99. The largest absolute Gasteiger partial charge is 0.494 e. The van der Waals surface area contributed by atoms with E-state index in [9.17, 15) is 4.39 Å². The number of ether oxygens (including phenoxy) is 1. The molecule has 0 aliphatic carbocycles. The fourth-order valence-corrected chi connectivity index (χ4v) is 1.62. The molecule has 0 bridgehead atoms. The minimum absolute atomic E-state index is 0.232. The molecule has 1 heterocycles. The number of halogens is 1. The zero-order valence-corrected chi connectivity index (χ0v) is 9.79. The molecule has 0 aliphatic rings. The van der Waals surface area contributed by atoms with Gasteiger partial charge in [0.15, 0.2) is 11.6 Å². The predicted octanol–water partition coefficient (Wildman–Crippen LogP) is 2.81. The van der Waals surface area contributed by atoms with Crippen molar-refractivity contribution in [3.05, 3.63) is 41.9 Å². The van der Waals surface area contributed by atoms with Crippen LogP contribution in [-0.2, 0) is 6.54 Å². The van der Waals surface area contributed by atoms with Crippen LogP contribution in [0.3, 0.4) is 0 Å². The lowest BCUT2D eigenvalue weighted by molar-refractivity contribution is 0.386. The van der Waals surface area contributed by atoms with Crippen LogP contribution >= 0.6 is 0 Å². The highest BCUT2D eigenvalue weighted by molar-refractivity contribution is 5.59. The van der Waals surface area contributed by atoms with Gasteiger partial charge in [-0.15, -0.1) is 0 Å². The molecule has 1 N–H and O–H groups in total. The van der Waals surface area contributed by atoms with Crippen LogP contribution in [0.15, 0.2) is 34.7 Å². The maximum absolute atomic E-state index is 13.5. The van der Waals surface area contributed by atoms with Gasteiger partial charge in [-0.2, -0.15) is 0 Å². The number of methoxy groups -OCH3 is 1. The molecule has 17 heavy (non-hydrogen) atoms. The second kappa shape index (κ2) is 5.01. The van der Waals surface area contributed by atoms with Gasteiger partial charge in [-0.25, -0.2) is 4.39 Å². The monoisotopic (exact) mass is 235 g/mol. The van der Waals surface area contributed by atoms with E-state index in [-0.39, 0.29) is 5.75 Å². The zero-order valence-electron chi connectivity index (χ0n) is 9.79. The van der Waals surface area contributed by atoms with E-state index in [2.05, 4.69) is 5.32 Å². The topological polar surface area (TPSA) is 34.4 Å². The first kappa shape index (κ1) is 11.7. The summed E-state index contributed by atoms with van der Waals surface area (Å²) in [6.45, 7) is 0.651. The highest BCUT2D eigenvalue weighted by atomic mass is 19.1. The van der Waals surface area contributed by atoms with Gasteiger partial charge in [0.2, 0.25) is 0 Å². The predicted molar refractivity (Wildman–Crippen MR) is 63.4 cm³/mol. The maximum Gasteiger partial charge on any atom is 0.165 e. The van der Waals surface area contributed by atoms with Gasteiger partial charge in [-0.3, -0.25) is 0 Å². The summed E-state index contributed by atoms with van der Waals surface area (Å²) >= 11 is 0. The fourth-order valence-electron chi connectivity index (χ4n) is 1.62. The number of hydrogen-bond acceptors (Lipinski definition) is 3. The van der Waals surface area contributed by atoms with Crippen molar-refractivity contribution >= 4 is 0 Å². The Morgan fingerprint density at radius 2 is 2.12 bits per heavy atom. The molecule has 0 unspecified atom stereocenters. The molecule has 3 nitrogen and oxygen atoms in total. The lowest BCUT2D eigenvalue weighted by Crippen LogP contribution is -2.03. The van der Waals surface area contributed by atoms with Crippen molar-refractivity contribution in [3.8, 4) is 17.1 Å². The fraction of sp³-hybridized carbons (Fsp3) is 0.231. The Kier molecular flexibility index (Phi) is 3.44. The number of furan rings is 1. The zero-order chi connectivity index (χ0) is 12.3. The highest BCUT2D eigenvalue weighted by Gasteiger charge is 2.08. The Balaban J connectivity index is 2.29. The van der Waals surface area contributed by atoms with Crippen molar-refractivity contribution in [1.82, 2.24) is 5.32 Å². The first-order valence-electron chi connectivity index (χ1n) is 5.32. The van der Waals surface area contributed by atoms with E-state index >= 15 is 0 Å². The van der Waals surface area contributed by atoms with Gasteiger partial charge in [-0.05, 0) is 37.4 Å². The average Bonchev–Trinajstić information content (AvgIpc) is 2.78. The normalized spacial score (nSPS) is 10.5. The van der Waals surface area contributed by atoms with Gasteiger partial charge < -0.3 is 14.5 Å². The molecule has 2 rings (SSSR count). The SMILES string of the molecule is CNCc1ccc(-c2ccc(OC)c(F)c2)o1. The second-order valence-corrected chi connectivity index (χ2v) is 3.65. The standard InChI is InChI=1S/C13H14FNO2/c1-15-8-10-4-6-12(17-10)9-3-5-13(16-2)11(14)7-9/h3-7,15H,8H2,1-2H3. The number of hydrogen-bond donors (Lipinski definition) is 1. The molecule has 0 fully saturated rings. The Bertz CT molecular complexity index is 508. The quantitative estimate of drug-likeness (QED) is 0.884. The molecule has 0 amide bonds. The van der Waals surface area contributed by atoms with Gasteiger partial charge in [0.05, 0.1) is 13.7 Å². The average molecular weight is 235 g/mol. The molecule has 0 saturated heterocycles. The summed E-state index contributed by atoms with van der Waals surface area (Å²) in [7, 11) is 3.28. The van der Waals surface area contributed by atoms with Crippen LogP contribution in [0, 0.1) is 5.82 Å². The first-order valence-corrected chi connectivity index (χ1v) is 5.32. The molecule has 90 valence electrons. The van der Waals surface area contributed by atoms with Gasteiger partial charge >= 0.3 is 0 Å². The maximum atomic E-state index is 13.5. The Hall–Kier alpha value is -1.81. The molecular weight excluding hydrogens is 221 g/mol. The van der Waals surface area contributed by atoms with Crippen molar-refractivity contribution in [2.24, 2.45) is 0 Å². The molecule has 0 spiro atoms. The van der Waals surface area contributed by atoms with Crippen molar-refractivity contribution in [2.75, 3.05) is 14.2 Å².